The molecule has 20 heavy (non-hydrogen) atoms. The summed E-state index contributed by atoms with van der Waals surface area (Å²) >= 11 is 0. The highest BCUT2D eigenvalue weighted by atomic mass is 19.4. The van der Waals surface area contributed by atoms with Crippen molar-refractivity contribution >= 4 is 6.29 Å². The van der Waals surface area contributed by atoms with Crippen LogP contribution in [0.1, 0.15) is 10.4 Å². The van der Waals surface area contributed by atoms with E-state index in [1.807, 2.05) is 0 Å². The summed E-state index contributed by atoms with van der Waals surface area (Å²) < 4.78 is 45.9. The minimum atomic E-state index is -4.79. The van der Waals surface area contributed by atoms with Crippen molar-refractivity contribution in [3.05, 3.63) is 54.1 Å². The molecule has 0 aliphatic rings. The second-order valence-electron chi connectivity index (χ2n) is 3.78. The van der Waals surface area contributed by atoms with Crippen molar-refractivity contribution in [2.24, 2.45) is 0 Å². The SMILES string of the molecule is O=Cc1ccc(Oc2ccccc2OC(F)(F)F)cc1. The predicted molar refractivity (Wildman–Crippen MR) is 65.0 cm³/mol. The molecule has 0 aromatic heterocycles. The maximum atomic E-state index is 12.2. The van der Waals surface area contributed by atoms with Crippen molar-refractivity contribution < 1.29 is 27.4 Å². The molecule has 0 bridgehead atoms. The van der Waals surface area contributed by atoms with Gasteiger partial charge in [-0.3, -0.25) is 4.79 Å². The van der Waals surface area contributed by atoms with E-state index in [0.29, 0.717) is 17.6 Å². The van der Waals surface area contributed by atoms with Crippen LogP contribution in [0.2, 0.25) is 0 Å². The molecule has 2 aromatic rings. The third kappa shape index (κ3) is 3.74. The molecule has 0 aliphatic heterocycles. The molecule has 3 nitrogen and oxygen atoms in total. The molecule has 104 valence electrons. The van der Waals surface area contributed by atoms with Crippen LogP contribution in [-0.4, -0.2) is 12.6 Å². The largest absolute Gasteiger partial charge is 0.573 e. The van der Waals surface area contributed by atoms with Crippen LogP contribution in [0, 0.1) is 0 Å². The maximum absolute atomic E-state index is 12.2. The fraction of sp³-hybridized carbons (Fsp3) is 0.0714. The third-order valence-electron chi connectivity index (χ3n) is 2.32. The molecule has 0 radical (unpaired) electrons. The summed E-state index contributed by atoms with van der Waals surface area (Å²) in [6, 6.07) is 11.4. The van der Waals surface area contributed by atoms with Crippen molar-refractivity contribution in [3.8, 4) is 17.2 Å². The number of ether oxygens (including phenoxy) is 2. The van der Waals surface area contributed by atoms with Gasteiger partial charge in [0.2, 0.25) is 0 Å². The van der Waals surface area contributed by atoms with E-state index in [1.54, 1.807) is 0 Å². The van der Waals surface area contributed by atoms with Crippen LogP contribution in [0.25, 0.3) is 0 Å². The van der Waals surface area contributed by atoms with Gasteiger partial charge in [-0.2, -0.15) is 0 Å². The lowest BCUT2D eigenvalue weighted by Gasteiger charge is -2.13. The van der Waals surface area contributed by atoms with E-state index < -0.39 is 12.1 Å². The van der Waals surface area contributed by atoms with E-state index in [1.165, 1.54) is 42.5 Å². The monoisotopic (exact) mass is 282 g/mol. The molecular weight excluding hydrogens is 273 g/mol. The number of hydrogen-bond donors (Lipinski definition) is 0. The molecule has 0 unspecified atom stereocenters. The molecule has 0 saturated heterocycles. The molecule has 0 amide bonds. The van der Waals surface area contributed by atoms with Gasteiger partial charge in [0.05, 0.1) is 0 Å². The topological polar surface area (TPSA) is 35.5 Å². The molecule has 0 spiro atoms. The van der Waals surface area contributed by atoms with Crippen molar-refractivity contribution in [2.75, 3.05) is 0 Å². The summed E-state index contributed by atoms with van der Waals surface area (Å²) in [7, 11) is 0. The fourth-order valence-corrected chi connectivity index (χ4v) is 1.48. The normalized spacial score (nSPS) is 10.9. The van der Waals surface area contributed by atoms with Crippen LogP contribution in [-0.2, 0) is 0 Å². The molecular formula is C14H9F3O3. The summed E-state index contributed by atoms with van der Waals surface area (Å²) in [5, 5.41) is 0. The lowest BCUT2D eigenvalue weighted by atomic mass is 10.2. The third-order valence-corrected chi connectivity index (χ3v) is 2.32. The molecule has 2 aromatic carbocycles. The highest BCUT2D eigenvalue weighted by Crippen LogP contribution is 2.34. The van der Waals surface area contributed by atoms with E-state index in [-0.39, 0.29) is 5.75 Å². The van der Waals surface area contributed by atoms with Gasteiger partial charge in [-0.15, -0.1) is 13.2 Å². The molecule has 0 saturated carbocycles. The van der Waals surface area contributed by atoms with Crippen molar-refractivity contribution in [1.82, 2.24) is 0 Å². The quantitative estimate of drug-likeness (QED) is 0.789. The minimum absolute atomic E-state index is 0.0660. The Morgan fingerprint density at radius 2 is 1.50 bits per heavy atom. The van der Waals surface area contributed by atoms with Crippen molar-refractivity contribution in [1.29, 1.82) is 0 Å². The Morgan fingerprint density at radius 3 is 2.05 bits per heavy atom. The Balaban J connectivity index is 2.21. The van der Waals surface area contributed by atoms with Gasteiger partial charge >= 0.3 is 6.36 Å². The van der Waals surface area contributed by atoms with Crippen LogP contribution >= 0.6 is 0 Å². The van der Waals surface area contributed by atoms with Crippen LogP contribution in [0.3, 0.4) is 0 Å². The number of aldehydes is 1. The summed E-state index contributed by atoms with van der Waals surface area (Å²) in [6.07, 6.45) is -4.13. The van der Waals surface area contributed by atoms with Gasteiger partial charge in [0.1, 0.15) is 12.0 Å². The Morgan fingerprint density at radius 1 is 0.900 bits per heavy atom. The summed E-state index contributed by atoms with van der Waals surface area (Å²) in [5.74, 6) is -0.197. The Labute approximate surface area is 112 Å². The zero-order valence-electron chi connectivity index (χ0n) is 10.1. The van der Waals surface area contributed by atoms with Gasteiger partial charge in [-0.25, -0.2) is 0 Å². The van der Waals surface area contributed by atoms with Gasteiger partial charge in [-0.05, 0) is 36.4 Å². The highest BCUT2D eigenvalue weighted by Gasteiger charge is 2.32. The van der Waals surface area contributed by atoms with Gasteiger partial charge in [-0.1, -0.05) is 12.1 Å². The first-order valence-corrected chi connectivity index (χ1v) is 5.56. The fourth-order valence-electron chi connectivity index (χ4n) is 1.48. The van der Waals surface area contributed by atoms with Crippen molar-refractivity contribution in [3.63, 3.8) is 0 Å². The van der Waals surface area contributed by atoms with E-state index in [4.69, 9.17) is 4.74 Å². The zero-order chi connectivity index (χ0) is 14.6. The summed E-state index contributed by atoms with van der Waals surface area (Å²) in [4.78, 5) is 10.5. The smallest absolute Gasteiger partial charge is 0.453 e. The van der Waals surface area contributed by atoms with E-state index >= 15 is 0 Å². The number of para-hydroxylation sites is 2. The number of rotatable bonds is 4. The van der Waals surface area contributed by atoms with E-state index in [0.717, 1.165) is 6.07 Å². The van der Waals surface area contributed by atoms with E-state index in [2.05, 4.69) is 4.74 Å². The minimum Gasteiger partial charge on any atom is -0.453 e. The van der Waals surface area contributed by atoms with Crippen LogP contribution in [0.4, 0.5) is 13.2 Å². The second-order valence-corrected chi connectivity index (χ2v) is 3.78. The van der Waals surface area contributed by atoms with Gasteiger partial charge in [0.15, 0.2) is 11.5 Å². The number of carbonyl (C=O) groups excluding carboxylic acids is 1. The maximum Gasteiger partial charge on any atom is 0.573 e. The van der Waals surface area contributed by atoms with Crippen LogP contribution in [0.15, 0.2) is 48.5 Å². The first-order chi connectivity index (χ1) is 9.48. The number of halogens is 3. The molecule has 6 heteroatoms. The average molecular weight is 282 g/mol. The molecule has 0 atom stereocenters. The average Bonchev–Trinajstić information content (AvgIpc) is 2.40. The van der Waals surface area contributed by atoms with Crippen LogP contribution < -0.4 is 9.47 Å². The van der Waals surface area contributed by atoms with Crippen molar-refractivity contribution in [2.45, 2.75) is 6.36 Å². The highest BCUT2D eigenvalue weighted by molar-refractivity contribution is 5.74. The zero-order valence-corrected chi connectivity index (χ0v) is 10.1. The standard InChI is InChI=1S/C14H9F3O3/c15-14(16,17)20-13-4-2-1-3-12(13)19-11-7-5-10(9-18)6-8-11/h1-9H. The van der Waals surface area contributed by atoms with Crippen LogP contribution in [0.5, 0.6) is 17.2 Å². The summed E-state index contributed by atoms with van der Waals surface area (Å²) in [6.45, 7) is 0. The summed E-state index contributed by atoms with van der Waals surface area (Å²) in [5.41, 5.74) is 0.442. The first-order valence-electron chi connectivity index (χ1n) is 5.56. The lowest BCUT2D eigenvalue weighted by molar-refractivity contribution is -0.275. The molecule has 0 heterocycles. The molecule has 2 rings (SSSR count). The molecule has 0 aliphatic carbocycles. The van der Waals surface area contributed by atoms with Gasteiger partial charge in [0, 0.05) is 5.56 Å². The Hall–Kier alpha value is -2.50. The van der Waals surface area contributed by atoms with Gasteiger partial charge < -0.3 is 9.47 Å². The van der Waals surface area contributed by atoms with Gasteiger partial charge in [0.25, 0.3) is 0 Å². The second kappa shape index (κ2) is 5.64. The lowest BCUT2D eigenvalue weighted by Crippen LogP contribution is -2.17. The molecule has 0 fully saturated rings. The number of alkyl halides is 3. The number of carbonyl (C=O) groups is 1. The molecule has 0 N–H and O–H groups in total. The number of benzene rings is 2. The Kier molecular flexibility index (Phi) is 3.93. The predicted octanol–water partition coefficient (Wildman–Crippen LogP) is 4.19. The van der Waals surface area contributed by atoms with E-state index in [9.17, 15) is 18.0 Å². The Bertz CT molecular complexity index is 591. The first kappa shape index (κ1) is 13.9. The number of hydrogen-bond acceptors (Lipinski definition) is 3.